The Hall–Kier alpha value is -1.85. The SMILES string of the molecule is CC(C)C(C1CCNCC1)n1ccc2cc(C(=O)N3CCN(C(C)C)CC3)ccc21. The van der Waals surface area contributed by atoms with Crippen LogP contribution in [0, 0.1) is 11.8 Å². The monoisotopic (exact) mass is 410 g/mol. The Morgan fingerprint density at radius 3 is 2.33 bits per heavy atom. The molecule has 2 aliphatic rings. The second kappa shape index (κ2) is 9.11. The predicted octanol–water partition coefficient (Wildman–Crippen LogP) is 4.00. The minimum absolute atomic E-state index is 0.173. The Morgan fingerprint density at radius 2 is 1.70 bits per heavy atom. The van der Waals surface area contributed by atoms with E-state index >= 15 is 0 Å². The molecule has 1 atom stereocenters. The average molecular weight is 411 g/mol. The summed E-state index contributed by atoms with van der Waals surface area (Å²) >= 11 is 0. The van der Waals surface area contributed by atoms with Crippen molar-refractivity contribution < 1.29 is 4.79 Å². The van der Waals surface area contributed by atoms with Gasteiger partial charge in [-0.2, -0.15) is 0 Å². The highest BCUT2D eigenvalue weighted by atomic mass is 16.2. The molecule has 2 aliphatic heterocycles. The van der Waals surface area contributed by atoms with Crippen LogP contribution < -0.4 is 5.32 Å². The molecule has 0 radical (unpaired) electrons. The van der Waals surface area contributed by atoms with Crippen LogP contribution in [0.3, 0.4) is 0 Å². The Morgan fingerprint density at radius 1 is 1.00 bits per heavy atom. The van der Waals surface area contributed by atoms with Gasteiger partial charge in [-0.1, -0.05) is 13.8 Å². The summed E-state index contributed by atoms with van der Waals surface area (Å²) in [6.07, 6.45) is 4.72. The van der Waals surface area contributed by atoms with Crippen molar-refractivity contribution in [3.05, 3.63) is 36.0 Å². The third-order valence-corrected chi connectivity index (χ3v) is 7.17. The first-order valence-corrected chi connectivity index (χ1v) is 11.8. The number of carbonyl (C=O) groups is 1. The first kappa shape index (κ1) is 21.4. The maximum atomic E-state index is 13.1. The van der Waals surface area contributed by atoms with Gasteiger partial charge in [0, 0.05) is 60.9 Å². The van der Waals surface area contributed by atoms with Crippen molar-refractivity contribution in [1.82, 2.24) is 19.7 Å². The molecule has 3 heterocycles. The van der Waals surface area contributed by atoms with Crippen LogP contribution >= 0.6 is 0 Å². The van der Waals surface area contributed by atoms with E-state index in [0.717, 1.165) is 44.8 Å². The van der Waals surface area contributed by atoms with E-state index in [1.807, 2.05) is 11.0 Å². The first-order valence-electron chi connectivity index (χ1n) is 11.8. The number of benzene rings is 1. The van der Waals surface area contributed by atoms with Crippen LogP contribution in [0.2, 0.25) is 0 Å². The summed E-state index contributed by atoms with van der Waals surface area (Å²) in [5, 5.41) is 4.68. The van der Waals surface area contributed by atoms with Gasteiger partial charge in [0.25, 0.3) is 5.91 Å². The van der Waals surface area contributed by atoms with Gasteiger partial charge in [0.15, 0.2) is 0 Å². The number of fused-ring (bicyclic) bond motifs is 1. The smallest absolute Gasteiger partial charge is 0.253 e. The van der Waals surface area contributed by atoms with E-state index in [4.69, 9.17) is 0 Å². The van der Waals surface area contributed by atoms with E-state index in [9.17, 15) is 4.79 Å². The molecule has 1 N–H and O–H groups in total. The maximum absolute atomic E-state index is 13.1. The predicted molar refractivity (Wildman–Crippen MR) is 124 cm³/mol. The topological polar surface area (TPSA) is 40.5 Å². The van der Waals surface area contributed by atoms with E-state index in [2.05, 4.69) is 66.9 Å². The summed E-state index contributed by atoms with van der Waals surface area (Å²) in [5.74, 6) is 1.47. The minimum atomic E-state index is 0.173. The van der Waals surface area contributed by atoms with Crippen molar-refractivity contribution in [3.8, 4) is 0 Å². The zero-order valence-electron chi connectivity index (χ0n) is 19.1. The molecule has 0 saturated carbocycles. The number of piperazine rings is 1. The van der Waals surface area contributed by atoms with Gasteiger partial charge in [0.2, 0.25) is 0 Å². The van der Waals surface area contributed by atoms with E-state index in [-0.39, 0.29) is 5.91 Å². The Kier molecular flexibility index (Phi) is 6.49. The number of hydrogen-bond donors (Lipinski definition) is 1. The molecule has 164 valence electrons. The highest BCUT2D eigenvalue weighted by Gasteiger charge is 2.29. The highest BCUT2D eigenvalue weighted by molar-refractivity contribution is 5.98. The fourth-order valence-corrected chi connectivity index (χ4v) is 5.46. The third-order valence-electron chi connectivity index (χ3n) is 7.17. The Bertz CT molecular complexity index is 857. The molecule has 1 aromatic carbocycles. The molecule has 1 aromatic heterocycles. The number of piperidine rings is 1. The van der Waals surface area contributed by atoms with Crippen molar-refractivity contribution in [2.45, 2.75) is 52.6 Å². The lowest BCUT2D eigenvalue weighted by atomic mass is 9.83. The zero-order valence-corrected chi connectivity index (χ0v) is 19.1. The van der Waals surface area contributed by atoms with Gasteiger partial charge < -0.3 is 14.8 Å². The number of nitrogens with zero attached hydrogens (tertiary/aromatic N) is 3. The fourth-order valence-electron chi connectivity index (χ4n) is 5.46. The average Bonchev–Trinajstić information content (AvgIpc) is 3.17. The van der Waals surface area contributed by atoms with Crippen molar-refractivity contribution in [3.63, 3.8) is 0 Å². The molecule has 0 spiro atoms. The molecule has 2 saturated heterocycles. The molecule has 30 heavy (non-hydrogen) atoms. The number of amides is 1. The van der Waals surface area contributed by atoms with Gasteiger partial charge in [-0.15, -0.1) is 0 Å². The zero-order chi connectivity index (χ0) is 21.3. The molecule has 0 aliphatic carbocycles. The fraction of sp³-hybridized carbons (Fsp3) is 0.640. The Labute approximate surface area is 181 Å². The van der Waals surface area contributed by atoms with Crippen LogP contribution in [0.5, 0.6) is 0 Å². The van der Waals surface area contributed by atoms with E-state index in [1.165, 1.54) is 23.7 Å². The summed E-state index contributed by atoms with van der Waals surface area (Å²) < 4.78 is 2.48. The van der Waals surface area contributed by atoms with Crippen molar-refractivity contribution in [2.75, 3.05) is 39.3 Å². The number of nitrogens with one attached hydrogen (secondary N) is 1. The lowest BCUT2D eigenvalue weighted by molar-refractivity contribution is 0.0595. The van der Waals surface area contributed by atoms with Crippen molar-refractivity contribution in [1.29, 1.82) is 0 Å². The van der Waals surface area contributed by atoms with Crippen LogP contribution in [-0.4, -0.2) is 65.6 Å². The maximum Gasteiger partial charge on any atom is 0.253 e. The van der Waals surface area contributed by atoms with E-state index in [0.29, 0.717) is 23.9 Å². The van der Waals surface area contributed by atoms with Gasteiger partial charge in [0.05, 0.1) is 0 Å². The van der Waals surface area contributed by atoms with Crippen LogP contribution in [0.4, 0.5) is 0 Å². The molecule has 2 aromatic rings. The summed E-state index contributed by atoms with van der Waals surface area (Å²) in [6, 6.07) is 9.56. The van der Waals surface area contributed by atoms with E-state index in [1.54, 1.807) is 0 Å². The minimum Gasteiger partial charge on any atom is -0.344 e. The third kappa shape index (κ3) is 4.28. The molecule has 0 bridgehead atoms. The van der Waals surface area contributed by atoms with Crippen LogP contribution in [0.1, 0.15) is 56.9 Å². The molecule has 5 nitrogen and oxygen atoms in total. The molecule has 5 heteroatoms. The standard InChI is InChI=1S/C25H38N4O/c1-18(2)24(20-7-10-26-11-8-20)29-12-9-21-17-22(5-6-23(21)29)25(30)28-15-13-27(14-16-28)19(3)4/h5-6,9,12,17-20,24,26H,7-8,10-11,13-16H2,1-4H3. The summed E-state index contributed by atoms with van der Waals surface area (Å²) in [4.78, 5) is 17.6. The van der Waals surface area contributed by atoms with E-state index < -0.39 is 0 Å². The molecular formula is C25H38N4O. The number of hydrogen-bond acceptors (Lipinski definition) is 3. The molecule has 4 rings (SSSR count). The highest BCUT2D eigenvalue weighted by Crippen LogP contribution is 2.35. The molecule has 2 fully saturated rings. The van der Waals surface area contributed by atoms with Gasteiger partial charge in [-0.25, -0.2) is 0 Å². The van der Waals surface area contributed by atoms with Crippen LogP contribution in [0.25, 0.3) is 10.9 Å². The normalized spacial score (nSPS) is 20.4. The van der Waals surface area contributed by atoms with Crippen LogP contribution in [0.15, 0.2) is 30.5 Å². The Balaban J connectivity index is 1.54. The van der Waals surface area contributed by atoms with Gasteiger partial charge >= 0.3 is 0 Å². The molecule has 1 amide bonds. The summed E-state index contributed by atoms with van der Waals surface area (Å²) in [5.41, 5.74) is 2.08. The molecule has 1 unspecified atom stereocenters. The lowest BCUT2D eigenvalue weighted by Crippen LogP contribution is -2.50. The van der Waals surface area contributed by atoms with Gasteiger partial charge in [0.1, 0.15) is 0 Å². The van der Waals surface area contributed by atoms with Crippen molar-refractivity contribution >= 4 is 16.8 Å². The second-order valence-corrected chi connectivity index (χ2v) is 9.74. The second-order valence-electron chi connectivity index (χ2n) is 9.74. The van der Waals surface area contributed by atoms with Crippen LogP contribution in [-0.2, 0) is 0 Å². The number of aromatic nitrogens is 1. The number of carbonyl (C=O) groups excluding carboxylic acids is 1. The van der Waals surface area contributed by atoms with Crippen molar-refractivity contribution in [2.24, 2.45) is 11.8 Å². The summed E-state index contributed by atoms with van der Waals surface area (Å²) in [6.45, 7) is 15.0. The largest absolute Gasteiger partial charge is 0.344 e. The first-order chi connectivity index (χ1) is 14.5. The van der Waals surface area contributed by atoms with Gasteiger partial charge in [-0.05, 0) is 75.9 Å². The molecular weight excluding hydrogens is 372 g/mol. The summed E-state index contributed by atoms with van der Waals surface area (Å²) in [7, 11) is 0. The number of rotatable bonds is 5. The lowest BCUT2D eigenvalue weighted by Gasteiger charge is -2.37. The van der Waals surface area contributed by atoms with Gasteiger partial charge in [-0.3, -0.25) is 9.69 Å². The quantitative estimate of drug-likeness (QED) is 0.810.